The van der Waals surface area contributed by atoms with E-state index in [2.05, 4.69) is 70.5 Å². The lowest BCUT2D eigenvalue weighted by molar-refractivity contribution is 0.304. The van der Waals surface area contributed by atoms with Gasteiger partial charge in [0.2, 0.25) is 0 Å². The Balaban J connectivity index is 1.63. The normalized spacial score (nSPS) is 11.5. The van der Waals surface area contributed by atoms with Crippen LogP contribution in [0.25, 0.3) is 10.9 Å². The van der Waals surface area contributed by atoms with E-state index >= 15 is 0 Å². The van der Waals surface area contributed by atoms with Crippen molar-refractivity contribution >= 4 is 33.2 Å². The van der Waals surface area contributed by atoms with Crippen molar-refractivity contribution in [3.05, 3.63) is 58.9 Å². The van der Waals surface area contributed by atoms with Crippen molar-refractivity contribution in [2.24, 2.45) is 5.92 Å². The van der Waals surface area contributed by atoms with E-state index in [9.17, 15) is 0 Å². The molecule has 1 aromatic carbocycles. The Kier molecular flexibility index (Phi) is 6.48. The molecule has 0 spiro atoms. The number of rotatable bonds is 9. The summed E-state index contributed by atoms with van der Waals surface area (Å²) in [7, 11) is 4.10. The molecular weight excluding hydrogens is 408 g/mol. The van der Waals surface area contributed by atoms with Gasteiger partial charge in [-0.1, -0.05) is 19.9 Å². The van der Waals surface area contributed by atoms with Crippen LogP contribution in [0.5, 0.6) is 5.75 Å². The molecule has 4 aromatic rings. The lowest BCUT2D eigenvalue weighted by Crippen LogP contribution is -2.09. The summed E-state index contributed by atoms with van der Waals surface area (Å²) in [4.78, 5) is 12.2. The van der Waals surface area contributed by atoms with Crippen molar-refractivity contribution in [1.29, 1.82) is 0 Å². The number of hydrogen-bond acceptors (Lipinski definition) is 7. The third kappa shape index (κ3) is 5.39. The summed E-state index contributed by atoms with van der Waals surface area (Å²) in [6, 6.07) is 10.1. The molecule has 7 nitrogen and oxygen atoms in total. The molecule has 4 rings (SSSR count). The van der Waals surface area contributed by atoms with E-state index in [1.807, 2.05) is 24.4 Å². The summed E-state index contributed by atoms with van der Waals surface area (Å²) in [5, 5.41) is 12.9. The van der Waals surface area contributed by atoms with Crippen LogP contribution >= 0.6 is 11.3 Å². The fourth-order valence-electron chi connectivity index (χ4n) is 3.43. The van der Waals surface area contributed by atoms with E-state index in [1.165, 1.54) is 10.4 Å². The van der Waals surface area contributed by atoms with Gasteiger partial charge in [-0.05, 0) is 56.3 Å². The van der Waals surface area contributed by atoms with Crippen LogP contribution in [-0.2, 0) is 19.6 Å². The number of aromatic amines is 1. The number of hydrogen-bond donors (Lipinski definition) is 2. The predicted octanol–water partition coefficient (Wildman–Crippen LogP) is 5.00. The van der Waals surface area contributed by atoms with Crippen molar-refractivity contribution in [3.8, 4) is 5.75 Å². The number of benzene rings is 1. The molecule has 0 saturated carbocycles. The highest BCUT2D eigenvalue weighted by molar-refractivity contribution is 7.15. The van der Waals surface area contributed by atoms with Crippen LogP contribution in [0.3, 0.4) is 0 Å². The van der Waals surface area contributed by atoms with Gasteiger partial charge in [0.1, 0.15) is 17.9 Å². The Morgan fingerprint density at radius 1 is 1.19 bits per heavy atom. The Hall–Kier alpha value is -2.97. The molecule has 0 unspecified atom stereocenters. The third-order valence-electron chi connectivity index (χ3n) is 4.69. The Bertz CT molecular complexity index is 1140. The first kappa shape index (κ1) is 21.3. The summed E-state index contributed by atoms with van der Waals surface area (Å²) in [5.41, 5.74) is 2.98. The van der Waals surface area contributed by atoms with Crippen LogP contribution in [0.1, 0.15) is 30.0 Å². The zero-order valence-electron chi connectivity index (χ0n) is 18.3. The van der Waals surface area contributed by atoms with Gasteiger partial charge in [0.15, 0.2) is 10.9 Å². The van der Waals surface area contributed by atoms with E-state index in [4.69, 9.17) is 4.74 Å². The third-order valence-corrected chi connectivity index (χ3v) is 5.59. The second-order valence-electron chi connectivity index (χ2n) is 8.29. The summed E-state index contributed by atoms with van der Waals surface area (Å²) in [6.07, 6.45) is 4.65. The zero-order chi connectivity index (χ0) is 21.8. The minimum Gasteiger partial charge on any atom is -0.485 e. The fourth-order valence-corrected chi connectivity index (χ4v) is 4.36. The highest BCUT2D eigenvalue weighted by Gasteiger charge is 2.15. The second-order valence-corrected chi connectivity index (χ2v) is 9.41. The first-order chi connectivity index (χ1) is 15.0. The molecule has 3 aromatic heterocycles. The molecule has 0 aliphatic carbocycles. The van der Waals surface area contributed by atoms with Crippen LogP contribution in [0, 0.1) is 5.92 Å². The molecule has 0 atom stereocenters. The fraction of sp³-hybridized carbons (Fsp3) is 0.348. The molecule has 0 fully saturated rings. The van der Waals surface area contributed by atoms with E-state index in [0.717, 1.165) is 46.3 Å². The van der Waals surface area contributed by atoms with Gasteiger partial charge in [0.05, 0.1) is 5.69 Å². The minimum atomic E-state index is 0.406. The van der Waals surface area contributed by atoms with Crippen molar-refractivity contribution in [2.75, 3.05) is 19.4 Å². The molecule has 0 radical (unpaired) electrons. The van der Waals surface area contributed by atoms with Crippen molar-refractivity contribution in [2.45, 2.75) is 33.4 Å². The number of aromatic nitrogens is 4. The van der Waals surface area contributed by atoms with Gasteiger partial charge in [-0.25, -0.2) is 4.98 Å². The number of thiazole rings is 1. The Morgan fingerprint density at radius 2 is 2.06 bits per heavy atom. The largest absolute Gasteiger partial charge is 0.485 e. The number of nitrogens with zero attached hydrogens (tertiary/aromatic N) is 4. The van der Waals surface area contributed by atoms with E-state index < -0.39 is 0 Å². The van der Waals surface area contributed by atoms with E-state index in [1.54, 1.807) is 17.5 Å². The second kappa shape index (κ2) is 9.45. The number of fused-ring (bicyclic) bond motifs is 1. The lowest BCUT2D eigenvalue weighted by atomic mass is 10.0. The van der Waals surface area contributed by atoms with Crippen LogP contribution in [0.2, 0.25) is 0 Å². The molecule has 0 aliphatic rings. The van der Waals surface area contributed by atoms with Gasteiger partial charge in [-0.3, -0.25) is 10.1 Å². The van der Waals surface area contributed by atoms with Crippen molar-refractivity contribution in [1.82, 2.24) is 25.1 Å². The van der Waals surface area contributed by atoms with Gasteiger partial charge in [-0.15, -0.1) is 11.3 Å². The minimum absolute atomic E-state index is 0.406. The van der Waals surface area contributed by atoms with Gasteiger partial charge < -0.3 is 15.0 Å². The Morgan fingerprint density at radius 3 is 2.81 bits per heavy atom. The highest BCUT2D eigenvalue weighted by Crippen LogP contribution is 2.34. The van der Waals surface area contributed by atoms with Crippen LogP contribution in [0.4, 0.5) is 10.9 Å². The molecule has 0 bridgehead atoms. The van der Waals surface area contributed by atoms with Gasteiger partial charge in [0.25, 0.3) is 0 Å². The number of H-pyrrole nitrogens is 1. The number of nitrogens with one attached hydrogen (secondary N) is 2. The average molecular weight is 437 g/mol. The summed E-state index contributed by atoms with van der Waals surface area (Å²) >= 11 is 1.64. The zero-order valence-corrected chi connectivity index (χ0v) is 19.2. The summed E-state index contributed by atoms with van der Waals surface area (Å²) < 4.78 is 6.16. The standard InChI is InChI=1S/C23H28N6OS/c1-15(2)9-16-10-19-21(20(11-16)30-14-17-7-5-6-8-24-17)27-28-22(19)26-23-25-12-18(31-23)13-29(3)4/h5-8,10-12,15H,9,13-14H2,1-4H3,(H2,25,26,27,28). The van der Waals surface area contributed by atoms with Gasteiger partial charge >= 0.3 is 0 Å². The molecular formula is C23H28N6OS. The maximum Gasteiger partial charge on any atom is 0.188 e. The molecule has 0 saturated heterocycles. The van der Waals surface area contributed by atoms with Crippen LogP contribution < -0.4 is 10.1 Å². The summed E-state index contributed by atoms with van der Waals surface area (Å²) in [5.74, 6) is 2.08. The predicted molar refractivity (Wildman–Crippen MR) is 126 cm³/mol. The van der Waals surface area contributed by atoms with E-state index in [-0.39, 0.29) is 0 Å². The molecule has 0 amide bonds. The van der Waals surface area contributed by atoms with Crippen LogP contribution in [0.15, 0.2) is 42.7 Å². The SMILES string of the molecule is CC(C)Cc1cc(OCc2ccccn2)c2[nH]nc(Nc3ncc(CN(C)C)s3)c2c1. The molecule has 31 heavy (non-hydrogen) atoms. The lowest BCUT2D eigenvalue weighted by Gasteiger charge is -2.11. The molecule has 3 heterocycles. The van der Waals surface area contributed by atoms with Crippen molar-refractivity contribution in [3.63, 3.8) is 0 Å². The quantitative estimate of drug-likeness (QED) is 0.384. The maximum atomic E-state index is 6.16. The first-order valence-electron chi connectivity index (χ1n) is 10.4. The number of pyridine rings is 1. The van der Waals surface area contributed by atoms with Gasteiger partial charge in [-0.2, -0.15) is 5.10 Å². The number of anilines is 2. The monoisotopic (exact) mass is 436 g/mol. The molecule has 162 valence electrons. The molecule has 0 aliphatic heterocycles. The first-order valence-corrected chi connectivity index (χ1v) is 11.2. The highest BCUT2D eigenvalue weighted by atomic mass is 32.1. The average Bonchev–Trinajstić information content (AvgIpc) is 3.33. The smallest absolute Gasteiger partial charge is 0.188 e. The van der Waals surface area contributed by atoms with E-state index in [0.29, 0.717) is 12.5 Å². The molecule has 8 heteroatoms. The Labute approximate surface area is 186 Å². The van der Waals surface area contributed by atoms with Crippen molar-refractivity contribution < 1.29 is 4.74 Å². The summed E-state index contributed by atoms with van der Waals surface area (Å²) in [6.45, 7) is 5.71. The topological polar surface area (TPSA) is 79.0 Å². The maximum absolute atomic E-state index is 6.16. The molecule has 2 N–H and O–H groups in total. The van der Waals surface area contributed by atoms with Gasteiger partial charge in [0, 0.05) is 29.2 Å². The van der Waals surface area contributed by atoms with Crippen LogP contribution in [-0.4, -0.2) is 39.2 Å². The number of ether oxygens (including phenoxy) is 1.